The molecular weight excluding hydrogens is 156 g/mol. The van der Waals surface area contributed by atoms with Crippen LogP contribution in [0.2, 0.25) is 0 Å². The van der Waals surface area contributed by atoms with E-state index in [-0.39, 0.29) is 6.79 Å². The molecule has 3 heteroatoms. The minimum atomic E-state index is -0.762. The van der Waals surface area contributed by atoms with Crippen LogP contribution in [0.4, 0.5) is 0 Å². The van der Waals surface area contributed by atoms with E-state index in [0.717, 1.165) is 0 Å². The minimum absolute atomic E-state index is 0.221. The summed E-state index contributed by atoms with van der Waals surface area (Å²) in [5.41, 5.74) is 0.671. The number of ether oxygens (including phenoxy) is 2. The van der Waals surface area contributed by atoms with Crippen LogP contribution in [0.1, 0.15) is 18.6 Å². The molecule has 1 heterocycles. The Hall–Kier alpha value is -1.22. The van der Waals surface area contributed by atoms with Crippen LogP contribution in [0.15, 0.2) is 18.2 Å². The van der Waals surface area contributed by atoms with Crippen molar-refractivity contribution in [1.29, 1.82) is 0 Å². The lowest BCUT2D eigenvalue weighted by molar-refractivity contribution is 0.102. The third-order valence-corrected chi connectivity index (χ3v) is 1.87. The molecule has 63 valence electrons. The van der Waals surface area contributed by atoms with Crippen LogP contribution in [0.5, 0.6) is 11.5 Å². The molecule has 1 aliphatic rings. The number of hydrogen-bond donors (Lipinski definition) is 0. The third-order valence-electron chi connectivity index (χ3n) is 1.87. The molecule has 0 amide bonds. The Morgan fingerprint density at radius 2 is 2.25 bits per heavy atom. The highest BCUT2D eigenvalue weighted by Crippen LogP contribution is 2.38. The van der Waals surface area contributed by atoms with E-state index >= 15 is 0 Å². The van der Waals surface area contributed by atoms with Crippen LogP contribution in [0.3, 0.4) is 0 Å². The van der Waals surface area contributed by atoms with Crippen molar-refractivity contribution in [1.82, 2.24) is 0 Å². The van der Waals surface area contributed by atoms with Gasteiger partial charge in [0.15, 0.2) is 11.5 Å². The molecule has 1 aliphatic heterocycles. The van der Waals surface area contributed by atoms with Crippen LogP contribution in [-0.2, 0) is 5.11 Å². The number of para-hydroxylation sites is 1. The van der Waals surface area contributed by atoms with Gasteiger partial charge in [0.1, 0.15) is 6.10 Å². The zero-order chi connectivity index (χ0) is 8.55. The van der Waals surface area contributed by atoms with Gasteiger partial charge in [-0.3, -0.25) is 0 Å². The molecule has 1 aromatic carbocycles. The van der Waals surface area contributed by atoms with Gasteiger partial charge in [-0.15, -0.1) is 0 Å². The summed E-state index contributed by atoms with van der Waals surface area (Å²) in [5, 5.41) is 11.2. The fourth-order valence-corrected chi connectivity index (χ4v) is 1.27. The lowest BCUT2D eigenvalue weighted by Crippen LogP contribution is -1.95. The van der Waals surface area contributed by atoms with E-state index in [1.165, 1.54) is 0 Å². The maximum Gasteiger partial charge on any atom is 0.231 e. The van der Waals surface area contributed by atoms with Crippen LogP contribution in [-0.4, -0.2) is 6.79 Å². The van der Waals surface area contributed by atoms with Crippen LogP contribution >= 0.6 is 0 Å². The molecule has 12 heavy (non-hydrogen) atoms. The summed E-state index contributed by atoms with van der Waals surface area (Å²) in [7, 11) is 0. The Morgan fingerprint density at radius 3 is 3.00 bits per heavy atom. The molecule has 0 bridgehead atoms. The summed E-state index contributed by atoms with van der Waals surface area (Å²) >= 11 is 0. The summed E-state index contributed by atoms with van der Waals surface area (Å²) in [6, 6.07) is 5.37. The molecule has 3 nitrogen and oxygen atoms in total. The lowest BCUT2D eigenvalue weighted by Gasteiger charge is -2.05. The Morgan fingerprint density at radius 1 is 1.42 bits per heavy atom. The number of fused-ring (bicyclic) bond motifs is 1. The molecule has 1 atom stereocenters. The Balaban J connectivity index is 2.49. The summed E-state index contributed by atoms with van der Waals surface area (Å²) < 4.78 is 10.3. The van der Waals surface area contributed by atoms with Gasteiger partial charge >= 0.3 is 0 Å². The predicted octanol–water partition coefficient (Wildman–Crippen LogP) is 1.91. The van der Waals surface area contributed by atoms with E-state index in [0.29, 0.717) is 17.1 Å². The zero-order valence-electron chi connectivity index (χ0n) is 6.74. The number of benzene rings is 1. The smallest absolute Gasteiger partial charge is 0.231 e. The predicted molar refractivity (Wildman–Crippen MR) is 41.7 cm³/mol. The van der Waals surface area contributed by atoms with Crippen molar-refractivity contribution in [3.05, 3.63) is 23.8 Å². The first-order valence-corrected chi connectivity index (χ1v) is 3.83. The average Bonchev–Trinajstić information content (AvgIpc) is 2.49. The van der Waals surface area contributed by atoms with Gasteiger partial charge in [0.25, 0.3) is 0 Å². The topological polar surface area (TPSA) is 38.4 Å². The Kier molecular flexibility index (Phi) is 1.66. The van der Waals surface area contributed by atoms with Gasteiger partial charge < -0.3 is 9.47 Å². The van der Waals surface area contributed by atoms with Crippen LogP contribution < -0.4 is 9.47 Å². The van der Waals surface area contributed by atoms with Gasteiger partial charge in [0.05, 0.1) is 0 Å². The van der Waals surface area contributed by atoms with Crippen molar-refractivity contribution in [2.75, 3.05) is 6.79 Å². The summed E-state index contributed by atoms with van der Waals surface area (Å²) in [5.74, 6) is 1.29. The van der Waals surface area contributed by atoms with Gasteiger partial charge in [0.2, 0.25) is 6.79 Å². The summed E-state index contributed by atoms with van der Waals surface area (Å²) in [4.78, 5) is 0. The summed E-state index contributed by atoms with van der Waals surface area (Å²) in [6.07, 6.45) is -0.762. The van der Waals surface area contributed by atoms with Gasteiger partial charge in [-0.2, -0.15) is 0 Å². The first-order valence-electron chi connectivity index (χ1n) is 3.83. The largest absolute Gasteiger partial charge is 0.454 e. The van der Waals surface area contributed by atoms with Crippen LogP contribution in [0, 0.1) is 0 Å². The van der Waals surface area contributed by atoms with Gasteiger partial charge in [-0.05, 0) is 13.0 Å². The third kappa shape index (κ3) is 1.02. The molecule has 0 spiro atoms. The molecule has 0 aromatic heterocycles. The highest BCUT2D eigenvalue weighted by atomic mass is 16.7. The average molecular weight is 165 g/mol. The van der Waals surface area contributed by atoms with Crippen molar-refractivity contribution in [2.45, 2.75) is 13.0 Å². The molecule has 0 N–H and O–H groups in total. The van der Waals surface area contributed by atoms with E-state index < -0.39 is 6.10 Å². The molecule has 2 rings (SSSR count). The van der Waals surface area contributed by atoms with Crippen molar-refractivity contribution in [3.8, 4) is 11.5 Å². The second-order valence-electron chi connectivity index (χ2n) is 2.72. The van der Waals surface area contributed by atoms with Crippen molar-refractivity contribution in [2.24, 2.45) is 0 Å². The van der Waals surface area contributed by atoms with Gasteiger partial charge in [-0.25, -0.2) is 5.11 Å². The van der Waals surface area contributed by atoms with E-state index in [9.17, 15) is 5.11 Å². The maximum absolute atomic E-state index is 11.2. The van der Waals surface area contributed by atoms with E-state index in [1.807, 2.05) is 0 Å². The Labute approximate surface area is 70.5 Å². The fourth-order valence-electron chi connectivity index (χ4n) is 1.27. The van der Waals surface area contributed by atoms with Crippen molar-refractivity contribution >= 4 is 0 Å². The number of hydrogen-bond acceptors (Lipinski definition) is 2. The SMILES string of the molecule is CC([O])c1cccc2c1OCO2. The minimum Gasteiger partial charge on any atom is -0.454 e. The standard InChI is InChI=1S/C9H9O3/c1-6(10)7-3-2-4-8-9(7)12-5-11-8/h2-4,6H,5H2,1H3. The molecule has 0 aliphatic carbocycles. The first kappa shape index (κ1) is 7.43. The van der Waals surface area contributed by atoms with E-state index in [1.54, 1.807) is 25.1 Å². The zero-order valence-corrected chi connectivity index (χ0v) is 6.74. The quantitative estimate of drug-likeness (QED) is 0.637. The molecule has 0 saturated carbocycles. The molecule has 1 unspecified atom stereocenters. The highest BCUT2D eigenvalue weighted by Gasteiger charge is 2.19. The van der Waals surface area contributed by atoms with Gasteiger partial charge in [-0.1, -0.05) is 12.1 Å². The van der Waals surface area contributed by atoms with Crippen molar-refractivity contribution in [3.63, 3.8) is 0 Å². The molecule has 0 fully saturated rings. The normalized spacial score (nSPS) is 16.2. The highest BCUT2D eigenvalue weighted by molar-refractivity contribution is 5.48. The summed E-state index contributed by atoms with van der Waals surface area (Å²) in [6.45, 7) is 1.82. The Bertz CT molecular complexity index is 294. The van der Waals surface area contributed by atoms with Crippen molar-refractivity contribution < 1.29 is 14.6 Å². The fraction of sp³-hybridized carbons (Fsp3) is 0.333. The first-order chi connectivity index (χ1) is 5.79. The molecule has 1 aromatic rings. The van der Waals surface area contributed by atoms with Crippen LogP contribution in [0.25, 0.3) is 0 Å². The number of rotatable bonds is 1. The monoisotopic (exact) mass is 165 g/mol. The molecular formula is C9H9O3. The second kappa shape index (κ2) is 2.68. The lowest BCUT2D eigenvalue weighted by atomic mass is 10.1. The van der Waals surface area contributed by atoms with E-state index in [4.69, 9.17) is 9.47 Å². The van der Waals surface area contributed by atoms with Gasteiger partial charge in [0, 0.05) is 5.56 Å². The molecule has 1 radical (unpaired) electrons. The second-order valence-corrected chi connectivity index (χ2v) is 2.72. The maximum atomic E-state index is 11.2. The van der Waals surface area contributed by atoms with E-state index in [2.05, 4.69) is 0 Å². The molecule has 0 saturated heterocycles.